The molecular weight excluding hydrogens is 188 g/mol. The molecule has 0 aliphatic rings. The first kappa shape index (κ1) is 12.9. The van der Waals surface area contributed by atoms with Crippen LogP contribution in [0.2, 0.25) is 0 Å². The van der Waals surface area contributed by atoms with E-state index in [4.69, 9.17) is 0 Å². The summed E-state index contributed by atoms with van der Waals surface area (Å²) in [5.41, 5.74) is 0. The van der Waals surface area contributed by atoms with Crippen LogP contribution in [-0.4, -0.2) is 36.9 Å². The monoisotopic (exact) mass is 204 g/mol. The summed E-state index contributed by atoms with van der Waals surface area (Å²) in [5, 5.41) is 9.28. The molecule has 0 saturated carbocycles. The van der Waals surface area contributed by atoms with Crippen LogP contribution in [-0.2, 0) is 19.1 Å². The molecule has 5 heteroatoms. The third-order valence-corrected chi connectivity index (χ3v) is 1.62. The second-order valence-electron chi connectivity index (χ2n) is 2.78. The highest BCUT2D eigenvalue weighted by molar-refractivity contribution is 5.71. The van der Waals surface area contributed by atoms with E-state index < -0.39 is 18.0 Å². The van der Waals surface area contributed by atoms with E-state index in [1.165, 1.54) is 7.11 Å². The highest BCUT2D eigenvalue weighted by Crippen LogP contribution is 2.03. The average molecular weight is 204 g/mol. The van der Waals surface area contributed by atoms with E-state index in [2.05, 4.69) is 9.47 Å². The molecule has 1 N–H and O–H groups in total. The lowest BCUT2D eigenvalue weighted by Gasteiger charge is -2.08. The first-order chi connectivity index (χ1) is 6.60. The molecule has 0 bridgehead atoms. The van der Waals surface area contributed by atoms with Gasteiger partial charge in [-0.3, -0.25) is 9.59 Å². The SMILES string of the molecule is CCOC(=O)C[C@@H](O)CCC(=O)OC. The molecule has 0 unspecified atom stereocenters. The predicted molar refractivity (Wildman–Crippen MR) is 48.5 cm³/mol. The molecule has 1 atom stereocenters. The molecule has 0 aliphatic carbocycles. The maximum atomic E-state index is 10.9. The Morgan fingerprint density at radius 1 is 1.36 bits per heavy atom. The molecule has 5 nitrogen and oxygen atoms in total. The summed E-state index contributed by atoms with van der Waals surface area (Å²) >= 11 is 0. The third kappa shape index (κ3) is 6.42. The Labute approximate surface area is 83.0 Å². The number of hydrogen-bond donors (Lipinski definition) is 1. The molecule has 0 fully saturated rings. The normalized spacial score (nSPS) is 11.9. The molecule has 0 spiro atoms. The van der Waals surface area contributed by atoms with Crippen LogP contribution < -0.4 is 0 Å². The van der Waals surface area contributed by atoms with Crippen molar-refractivity contribution in [2.24, 2.45) is 0 Å². The molecule has 0 radical (unpaired) electrons. The van der Waals surface area contributed by atoms with E-state index in [1.54, 1.807) is 6.92 Å². The molecule has 0 aliphatic heterocycles. The Balaban J connectivity index is 3.59. The highest BCUT2D eigenvalue weighted by atomic mass is 16.5. The molecule has 0 aromatic rings. The number of aliphatic hydroxyl groups is 1. The van der Waals surface area contributed by atoms with Gasteiger partial charge in [-0.05, 0) is 13.3 Å². The first-order valence-corrected chi connectivity index (χ1v) is 4.50. The maximum Gasteiger partial charge on any atom is 0.308 e. The Morgan fingerprint density at radius 3 is 2.50 bits per heavy atom. The minimum Gasteiger partial charge on any atom is -0.469 e. The van der Waals surface area contributed by atoms with Crippen molar-refractivity contribution in [1.29, 1.82) is 0 Å². The summed E-state index contributed by atoms with van der Waals surface area (Å²) in [4.78, 5) is 21.5. The van der Waals surface area contributed by atoms with Gasteiger partial charge in [0.05, 0.1) is 26.2 Å². The molecule has 0 heterocycles. The molecule has 0 amide bonds. The van der Waals surface area contributed by atoms with Crippen LogP contribution in [0.5, 0.6) is 0 Å². The van der Waals surface area contributed by atoms with Crippen molar-refractivity contribution in [2.45, 2.75) is 32.3 Å². The zero-order chi connectivity index (χ0) is 11.0. The van der Waals surface area contributed by atoms with Crippen LogP contribution in [0, 0.1) is 0 Å². The molecule has 0 saturated heterocycles. The summed E-state index contributed by atoms with van der Waals surface area (Å²) in [7, 11) is 1.28. The summed E-state index contributed by atoms with van der Waals surface area (Å²) < 4.78 is 9.02. The summed E-state index contributed by atoms with van der Waals surface area (Å²) in [6, 6.07) is 0. The summed E-state index contributed by atoms with van der Waals surface area (Å²) in [6.45, 7) is 1.99. The standard InChI is InChI=1S/C9H16O5/c1-3-14-9(12)6-7(10)4-5-8(11)13-2/h7,10H,3-6H2,1-2H3/t7-/m0/s1. The second kappa shape index (κ2) is 7.32. The number of carbonyl (C=O) groups is 2. The number of carbonyl (C=O) groups excluding carboxylic acids is 2. The Kier molecular flexibility index (Phi) is 6.74. The van der Waals surface area contributed by atoms with Gasteiger partial charge in [-0.2, -0.15) is 0 Å². The van der Waals surface area contributed by atoms with Gasteiger partial charge < -0.3 is 14.6 Å². The van der Waals surface area contributed by atoms with Gasteiger partial charge in [-0.15, -0.1) is 0 Å². The smallest absolute Gasteiger partial charge is 0.308 e. The number of aliphatic hydroxyl groups excluding tert-OH is 1. The number of methoxy groups -OCH3 is 1. The number of esters is 2. The van der Waals surface area contributed by atoms with E-state index in [9.17, 15) is 14.7 Å². The van der Waals surface area contributed by atoms with Gasteiger partial charge in [-0.1, -0.05) is 0 Å². The van der Waals surface area contributed by atoms with Crippen LogP contribution in [0.15, 0.2) is 0 Å². The van der Waals surface area contributed by atoms with Crippen LogP contribution >= 0.6 is 0 Å². The van der Waals surface area contributed by atoms with Gasteiger partial charge in [0, 0.05) is 6.42 Å². The summed E-state index contributed by atoms with van der Waals surface area (Å²) in [5.74, 6) is -0.849. The van der Waals surface area contributed by atoms with Crippen molar-refractivity contribution < 1.29 is 24.2 Å². The number of hydrogen-bond acceptors (Lipinski definition) is 5. The van der Waals surface area contributed by atoms with Crippen molar-refractivity contribution in [3.8, 4) is 0 Å². The Hall–Kier alpha value is -1.10. The van der Waals surface area contributed by atoms with Crippen LogP contribution in [0.25, 0.3) is 0 Å². The van der Waals surface area contributed by atoms with Gasteiger partial charge >= 0.3 is 11.9 Å². The van der Waals surface area contributed by atoms with E-state index >= 15 is 0 Å². The van der Waals surface area contributed by atoms with E-state index in [0.29, 0.717) is 6.61 Å². The second-order valence-corrected chi connectivity index (χ2v) is 2.78. The molecule has 82 valence electrons. The van der Waals surface area contributed by atoms with E-state index in [-0.39, 0.29) is 19.3 Å². The van der Waals surface area contributed by atoms with Crippen LogP contribution in [0.1, 0.15) is 26.2 Å². The van der Waals surface area contributed by atoms with E-state index in [1.807, 2.05) is 0 Å². The Morgan fingerprint density at radius 2 is 2.00 bits per heavy atom. The molecular formula is C9H16O5. The molecule has 14 heavy (non-hydrogen) atoms. The fourth-order valence-corrected chi connectivity index (χ4v) is 0.901. The van der Waals surface area contributed by atoms with Gasteiger partial charge in [0.15, 0.2) is 0 Å². The minimum atomic E-state index is -0.840. The van der Waals surface area contributed by atoms with Crippen molar-refractivity contribution in [1.82, 2.24) is 0 Å². The van der Waals surface area contributed by atoms with Crippen molar-refractivity contribution in [2.75, 3.05) is 13.7 Å². The van der Waals surface area contributed by atoms with Gasteiger partial charge in [0.2, 0.25) is 0 Å². The lowest BCUT2D eigenvalue weighted by atomic mass is 10.1. The highest BCUT2D eigenvalue weighted by Gasteiger charge is 2.13. The van der Waals surface area contributed by atoms with Crippen LogP contribution in [0.4, 0.5) is 0 Å². The number of ether oxygens (including phenoxy) is 2. The van der Waals surface area contributed by atoms with Crippen molar-refractivity contribution in [3.05, 3.63) is 0 Å². The zero-order valence-electron chi connectivity index (χ0n) is 8.49. The molecule has 0 aromatic heterocycles. The molecule has 0 rings (SSSR count). The van der Waals surface area contributed by atoms with Crippen LogP contribution in [0.3, 0.4) is 0 Å². The quantitative estimate of drug-likeness (QED) is 0.628. The fourth-order valence-electron chi connectivity index (χ4n) is 0.901. The topological polar surface area (TPSA) is 72.8 Å². The molecule has 0 aromatic carbocycles. The van der Waals surface area contributed by atoms with E-state index in [0.717, 1.165) is 0 Å². The average Bonchev–Trinajstić information content (AvgIpc) is 2.14. The zero-order valence-corrected chi connectivity index (χ0v) is 8.49. The van der Waals surface area contributed by atoms with Gasteiger partial charge in [0.1, 0.15) is 0 Å². The fraction of sp³-hybridized carbons (Fsp3) is 0.778. The predicted octanol–water partition coefficient (Wildman–Crippen LogP) is 0.254. The lowest BCUT2D eigenvalue weighted by Crippen LogP contribution is -2.17. The van der Waals surface area contributed by atoms with Crippen molar-refractivity contribution in [3.63, 3.8) is 0 Å². The van der Waals surface area contributed by atoms with Gasteiger partial charge in [0.25, 0.3) is 0 Å². The number of rotatable bonds is 6. The third-order valence-electron chi connectivity index (χ3n) is 1.62. The minimum absolute atomic E-state index is 0.0785. The Bertz CT molecular complexity index is 190. The largest absolute Gasteiger partial charge is 0.469 e. The first-order valence-electron chi connectivity index (χ1n) is 4.50. The van der Waals surface area contributed by atoms with Gasteiger partial charge in [-0.25, -0.2) is 0 Å². The lowest BCUT2D eigenvalue weighted by molar-refractivity contribution is -0.147. The van der Waals surface area contributed by atoms with Crippen molar-refractivity contribution >= 4 is 11.9 Å². The summed E-state index contributed by atoms with van der Waals surface area (Å²) in [6.07, 6.45) is -0.596. The maximum absolute atomic E-state index is 10.9.